The Morgan fingerprint density at radius 2 is 1.59 bits per heavy atom. The SMILES string of the molecule is CC.CC.CCc1cc(/C(C)=N/OCc2ccc(C3CCCCC3)c(C(F)(F)F)c2)ccc1CO.[B]C. The molecule has 1 aliphatic rings. The summed E-state index contributed by atoms with van der Waals surface area (Å²) in [6.45, 7) is 13.3. The molecule has 0 spiro atoms. The highest BCUT2D eigenvalue weighted by Crippen LogP contribution is 2.41. The molecule has 0 aromatic heterocycles. The Balaban J connectivity index is 0.00000201. The van der Waals surface area contributed by atoms with E-state index in [-0.39, 0.29) is 19.1 Å². The number of hydrogen-bond donors (Lipinski definition) is 1. The predicted octanol–water partition coefficient (Wildman–Crippen LogP) is 9.00. The lowest BCUT2D eigenvalue weighted by atomic mass is 9.81. The number of nitrogens with zero attached hydrogens (tertiary/aromatic N) is 1. The van der Waals surface area contributed by atoms with Crippen molar-refractivity contribution in [2.75, 3.05) is 0 Å². The van der Waals surface area contributed by atoms with Crippen LogP contribution in [0.3, 0.4) is 0 Å². The van der Waals surface area contributed by atoms with Crippen molar-refractivity contribution >= 4 is 13.6 Å². The van der Waals surface area contributed by atoms with Crippen molar-refractivity contribution in [2.45, 2.75) is 112 Å². The van der Waals surface area contributed by atoms with Crippen LogP contribution in [0, 0.1) is 0 Å². The summed E-state index contributed by atoms with van der Waals surface area (Å²) in [5, 5.41) is 13.5. The van der Waals surface area contributed by atoms with E-state index in [4.69, 9.17) is 4.84 Å². The van der Waals surface area contributed by atoms with E-state index in [0.717, 1.165) is 55.2 Å². The topological polar surface area (TPSA) is 41.8 Å². The van der Waals surface area contributed by atoms with Crippen LogP contribution >= 0.6 is 0 Å². The quantitative estimate of drug-likeness (QED) is 0.225. The Labute approximate surface area is 223 Å². The number of rotatable bonds is 7. The lowest BCUT2D eigenvalue weighted by Gasteiger charge is -2.25. The third-order valence-corrected chi connectivity index (χ3v) is 6.08. The van der Waals surface area contributed by atoms with Gasteiger partial charge in [-0.05, 0) is 72.1 Å². The molecule has 2 radical (unpaired) electrons. The first kappa shape index (κ1) is 34.7. The van der Waals surface area contributed by atoms with Crippen LogP contribution in [0.4, 0.5) is 13.2 Å². The number of aryl methyl sites for hydroxylation is 1. The van der Waals surface area contributed by atoms with E-state index in [0.29, 0.717) is 16.8 Å². The van der Waals surface area contributed by atoms with E-state index >= 15 is 0 Å². The molecule has 1 saturated carbocycles. The third-order valence-electron chi connectivity index (χ3n) is 6.08. The number of hydrogen-bond acceptors (Lipinski definition) is 3. The molecule has 0 saturated heterocycles. The zero-order valence-electron chi connectivity index (χ0n) is 23.7. The number of oxime groups is 1. The molecule has 0 atom stereocenters. The van der Waals surface area contributed by atoms with Gasteiger partial charge in [0, 0.05) is 0 Å². The van der Waals surface area contributed by atoms with Gasteiger partial charge in [0.1, 0.15) is 6.61 Å². The van der Waals surface area contributed by atoms with Crippen LogP contribution in [0.1, 0.15) is 113 Å². The fraction of sp³-hybridized carbons (Fsp3) is 0.567. The van der Waals surface area contributed by atoms with Gasteiger partial charge in [0.05, 0.1) is 25.7 Å². The standard InChI is InChI=1S/C25H30F3NO2.2C2H6.CH3B/c1-3-19-14-21(10-11-22(19)15-30)17(2)29-31-16-18-9-12-23(20-7-5-4-6-8-20)24(13-18)25(26,27)28;3*1-2/h9-14,20,30H,3-8,15-16H2,1-2H3;2*1-2H3;1H3/b29-17+;;;. The number of alkyl halides is 3. The molecule has 206 valence electrons. The van der Waals surface area contributed by atoms with Gasteiger partial charge in [-0.1, -0.05) is 90.1 Å². The highest BCUT2D eigenvalue weighted by molar-refractivity contribution is 6.05. The minimum absolute atomic E-state index is 0.0183. The molecule has 1 N–H and O–H groups in total. The van der Waals surface area contributed by atoms with Gasteiger partial charge < -0.3 is 9.94 Å². The molecule has 0 heterocycles. The normalized spacial score (nSPS) is 13.8. The van der Waals surface area contributed by atoms with Gasteiger partial charge in [0.15, 0.2) is 0 Å². The Morgan fingerprint density at radius 1 is 0.973 bits per heavy atom. The minimum atomic E-state index is -4.38. The highest BCUT2D eigenvalue weighted by Gasteiger charge is 2.35. The van der Waals surface area contributed by atoms with E-state index in [1.54, 1.807) is 19.1 Å². The highest BCUT2D eigenvalue weighted by atomic mass is 19.4. The summed E-state index contributed by atoms with van der Waals surface area (Å²) in [7, 11) is 4.50. The van der Waals surface area contributed by atoms with Gasteiger partial charge in [0.2, 0.25) is 0 Å². The molecule has 3 nitrogen and oxygen atoms in total. The molecular weight excluding hydrogens is 474 g/mol. The summed E-state index contributed by atoms with van der Waals surface area (Å²) in [6, 6.07) is 10.2. The van der Waals surface area contributed by atoms with Crippen molar-refractivity contribution in [3.05, 3.63) is 69.8 Å². The van der Waals surface area contributed by atoms with Crippen molar-refractivity contribution < 1.29 is 23.1 Å². The molecule has 37 heavy (non-hydrogen) atoms. The number of benzene rings is 2. The van der Waals surface area contributed by atoms with Crippen LogP contribution in [-0.2, 0) is 30.6 Å². The molecule has 2 aromatic rings. The van der Waals surface area contributed by atoms with Crippen LogP contribution in [0.2, 0.25) is 6.82 Å². The molecule has 2 aromatic carbocycles. The minimum Gasteiger partial charge on any atom is -0.392 e. The van der Waals surface area contributed by atoms with Gasteiger partial charge in [-0.3, -0.25) is 0 Å². The maximum absolute atomic E-state index is 13.7. The van der Waals surface area contributed by atoms with Crippen LogP contribution in [0.5, 0.6) is 0 Å². The van der Waals surface area contributed by atoms with Gasteiger partial charge in [-0.2, -0.15) is 13.2 Å². The van der Waals surface area contributed by atoms with E-state index < -0.39 is 11.7 Å². The lowest BCUT2D eigenvalue weighted by molar-refractivity contribution is -0.138. The summed E-state index contributed by atoms with van der Waals surface area (Å²) in [4.78, 5) is 5.39. The van der Waals surface area contributed by atoms with Crippen molar-refractivity contribution in [2.24, 2.45) is 5.16 Å². The summed E-state index contributed by atoms with van der Waals surface area (Å²) >= 11 is 0. The molecule has 7 heteroatoms. The monoisotopic (exact) mass is 519 g/mol. The Hall–Kier alpha value is -2.28. The molecule has 1 fully saturated rings. The van der Waals surface area contributed by atoms with Gasteiger partial charge in [-0.15, -0.1) is 0 Å². The van der Waals surface area contributed by atoms with E-state index in [9.17, 15) is 18.3 Å². The van der Waals surface area contributed by atoms with Crippen molar-refractivity contribution in [1.29, 1.82) is 0 Å². The van der Waals surface area contributed by atoms with Gasteiger partial charge in [0.25, 0.3) is 0 Å². The Morgan fingerprint density at radius 3 is 2.14 bits per heavy atom. The van der Waals surface area contributed by atoms with E-state index in [1.165, 1.54) is 12.9 Å². The second-order valence-electron chi connectivity index (χ2n) is 8.20. The molecular formula is C30H45BF3NO2. The second kappa shape index (κ2) is 18.9. The van der Waals surface area contributed by atoms with Crippen LogP contribution in [-0.4, -0.2) is 18.7 Å². The third kappa shape index (κ3) is 10.9. The van der Waals surface area contributed by atoms with Crippen molar-refractivity contribution in [3.63, 3.8) is 0 Å². The average molecular weight is 520 g/mol. The Bertz CT molecular complexity index is 924. The smallest absolute Gasteiger partial charge is 0.392 e. The summed E-state index contributed by atoms with van der Waals surface area (Å²) < 4.78 is 41.1. The summed E-state index contributed by atoms with van der Waals surface area (Å²) in [6.07, 6.45) is 1.11. The van der Waals surface area contributed by atoms with Crippen LogP contribution < -0.4 is 0 Å². The molecule has 0 amide bonds. The number of halogens is 3. The fourth-order valence-corrected chi connectivity index (χ4v) is 4.30. The molecule has 3 rings (SSSR count). The first-order valence-electron chi connectivity index (χ1n) is 13.5. The van der Waals surface area contributed by atoms with Crippen molar-refractivity contribution in [3.8, 4) is 0 Å². The first-order valence-corrected chi connectivity index (χ1v) is 13.5. The number of aliphatic hydroxyl groups excluding tert-OH is 1. The maximum Gasteiger partial charge on any atom is 0.416 e. The zero-order chi connectivity index (χ0) is 28.4. The predicted molar refractivity (Wildman–Crippen MR) is 150 cm³/mol. The summed E-state index contributed by atoms with van der Waals surface area (Å²) in [5.41, 5.74) is 3.71. The maximum atomic E-state index is 13.7. The molecule has 1 aliphatic carbocycles. The Kier molecular flexibility index (Phi) is 17.7. The van der Waals surface area contributed by atoms with E-state index in [2.05, 4.69) is 13.0 Å². The van der Waals surface area contributed by atoms with E-state index in [1.807, 2.05) is 52.8 Å². The first-order chi connectivity index (χ1) is 17.8. The van der Waals surface area contributed by atoms with Crippen LogP contribution in [0.25, 0.3) is 0 Å². The largest absolute Gasteiger partial charge is 0.416 e. The molecule has 0 aliphatic heterocycles. The second-order valence-corrected chi connectivity index (χ2v) is 8.20. The average Bonchev–Trinajstić information content (AvgIpc) is 2.95. The van der Waals surface area contributed by atoms with Gasteiger partial charge >= 0.3 is 6.18 Å². The lowest BCUT2D eigenvalue weighted by Crippen LogP contribution is -2.15. The molecule has 0 bridgehead atoms. The zero-order valence-corrected chi connectivity index (χ0v) is 23.7. The molecule has 0 unspecified atom stereocenters. The van der Waals surface area contributed by atoms with Crippen molar-refractivity contribution in [1.82, 2.24) is 0 Å². The fourth-order valence-electron chi connectivity index (χ4n) is 4.30. The van der Waals surface area contributed by atoms with Crippen LogP contribution in [0.15, 0.2) is 41.6 Å². The summed E-state index contributed by atoms with van der Waals surface area (Å²) in [5.74, 6) is -0.0183. The number of aliphatic hydroxyl groups is 1. The van der Waals surface area contributed by atoms with Gasteiger partial charge in [-0.25, -0.2) is 0 Å².